The molecule has 0 aliphatic carbocycles. The molecule has 2 aromatic rings. The lowest BCUT2D eigenvalue weighted by atomic mass is 10.0. The molecule has 1 aliphatic rings. The third-order valence-electron chi connectivity index (χ3n) is 4.88. The summed E-state index contributed by atoms with van der Waals surface area (Å²) in [5.74, 6) is -3.41. The number of amides is 3. The van der Waals surface area contributed by atoms with Crippen LogP contribution in [0.5, 0.6) is 0 Å². The Morgan fingerprint density at radius 3 is 1.85 bits per heavy atom. The Morgan fingerprint density at radius 2 is 1.38 bits per heavy atom. The highest BCUT2D eigenvalue weighted by Gasteiger charge is 2.47. The minimum Gasteiger partial charge on any atom is -0.454 e. The van der Waals surface area contributed by atoms with Crippen LogP contribution in [0.15, 0.2) is 24.3 Å². The molecule has 1 aliphatic heterocycles. The van der Waals surface area contributed by atoms with Crippen LogP contribution in [0.4, 0.5) is 5.69 Å². The maximum atomic E-state index is 13.1. The Balaban J connectivity index is 1.82. The minimum atomic E-state index is -1.33. The second-order valence-corrected chi connectivity index (χ2v) is 9.74. The third-order valence-corrected chi connectivity index (χ3v) is 6.94. The van der Waals surface area contributed by atoms with Crippen LogP contribution in [-0.4, -0.2) is 41.2 Å². The van der Waals surface area contributed by atoms with E-state index in [0.29, 0.717) is 15.6 Å². The number of hydrogen-bond donors (Lipinski definition) is 1. The Labute approximate surface area is 220 Å². The van der Waals surface area contributed by atoms with Crippen molar-refractivity contribution in [1.82, 2.24) is 4.90 Å². The smallest absolute Gasteiger partial charge is 0.329 e. The molecule has 3 rings (SSSR count). The molecule has 2 aromatic carbocycles. The summed E-state index contributed by atoms with van der Waals surface area (Å²) >= 11 is 30.2. The zero-order chi connectivity index (χ0) is 25.3. The summed E-state index contributed by atoms with van der Waals surface area (Å²) in [6.07, 6.45) is 0.0693. The zero-order valence-corrected chi connectivity index (χ0v) is 21.5. The van der Waals surface area contributed by atoms with E-state index in [4.69, 9.17) is 62.7 Å². The lowest BCUT2D eigenvalue weighted by molar-refractivity contribution is -0.151. The van der Waals surface area contributed by atoms with Crippen molar-refractivity contribution in [3.05, 3.63) is 60.5 Å². The van der Waals surface area contributed by atoms with Crippen molar-refractivity contribution in [2.75, 3.05) is 11.9 Å². The number of rotatable bonds is 7. The third kappa shape index (κ3) is 5.29. The molecular weight excluding hydrogens is 550 g/mol. The van der Waals surface area contributed by atoms with Crippen molar-refractivity contribution < 1.29 is 23.9 Å². The molecule has 0 radical (unpaired) electrons. The van der Waals surface area contributed by atoms with Crippen LogP contribution in [0.2, 0.25) is 25.1 Å². The number of hydrogen-bond acceptors (Lipinski definition) is 5. The predicted octanol–water partition coefficient (Wildman–Crippen LogP) is 6.15. The van der Waals surface area contributed by atoms with Crippen molar-refractivity contribution in [3.8, 4) is 0 Å². The Hall–Kier alpha value is -2.03. The normalized spacial score (nSPS) is 13.8. The molecule has 12 heteroatoms. The van der Waals surface area contributed by atoms with E-state index in [1.807, 2.05) is 0 Å². The molecule has 1 heterocycles. The van der Waals surface area contributed by atoms with E-state index in [0.717, 1.165) is 0 Å². The number of anilines is 1. The van der Waals surface area contributed by atoms with Crippen LogP contribution in [0.3, 0.4) is 0 Å². The first kappa shape index (κ1) is 26.6. The lowest BCUT2D eigenvalue weighted by Gasteiger charge is -2.26. The average molecular weight is 567 g/mol. The summed E-state index contributed by atoms with van der Waals surface area (Å²) in [6, 6.07) is 4.98. The minimum absolute atomic E-state index is 0.0693. The van der Waals surface area contributed by atoms with E-state index in [1.54, 1.807) is 38.1 Å². The van der Waals surface area contributed by atoms with Gasteiger partial charge in [0.05, 0.1) is 31.2 Å². The molecule has 180 valence electrons. The molecule has 7 nitrogen and oxygen atoms in total. The van der Waals surface area contributed by atoms with Gasteiger partial charge in [0.2, 0.25) is 0 Å². The molecular formula is C22H17Cl5N2O5. The molecule has 0 fully saturated rings. The van der Waals surface area contributed by atoms with Gasteiger partial charge in [0.25, 0.3) is 17.7 Å². The quantitative estimate of drug-likeness (QED) is 0.188. The van der Waals surface area contributed by atoms with Gasteiger partial charge in [-0.25, -0.2) is 4.79 Å². The van der Waals surface area contributed by atoms with Crippen LogP contribution >= 0.6 is 58.0 Å². The number of nitrogens with one attached hydrogen (secondary N) is 1. The number of carbonyl (C=O) groups excluding carboxylic acids is 4. The van der Waals surface area contributed by atoms with Crippen LogP contribution < -0.4 is 5.32 Å². The second-order valence-electron chi connectivity index (χ2n) is 7.79. The number of esters is 1. The van der Waals surface area contributed by atoms with Gasteiger partial charge >= 0.3 is 5.97 Å². The molecule has 3 amide bonds. The molecule has 0 saturated carbocycles. The van der Waals surface area contributed by atoms with Crippen molar-refractivity contribution in [2.24, 2.45) is 5.92 Å². The molecule has 1 N–H and O–H groups in total. The number of nitrogens with zero attached hydrogens (tertiary/aromatic N) is 1. The Bertz CT molecular complexity index is 1140. The van der Waals surface area contributed by atoms with E-state index in [-0.39, 0.29) is 43.6 Å². The van der Waals surface area contributed by atoms with Crippen molar-refractivity contribution in [2.45, 2.75) is 26.3 Å². The van der Waals surface area contributed by atoms with E-state index in [2.05, 4.69) is 5.32 Å². The maximum Gasteiger partial charge on any atom is 0.329 e. The Morgan fingerprint density at radius 1 is 0.882 bits per heavy atom. The van der Waals surface area contributed by atoms with Crippen molar-refractivity contribution in [1.29, 1.82) is 0 Å². The van der Waals surface area contributed by atoms with Gasteiger partial charge in [-0.15, -0.1) is 0 Å². The predicted molar refractivity (Wildman–Crippen MR) is 131 cm³/mol. The van der Waals surface area contributed by atoms with Crippen LogP contribution in [0.1, 0.15) is 41.0 Å². The molecule has 0 unspecified atom stereocenters. The largest absolute Gasteiger partial charge is 0.454 e. The van der Waals surface area contributed by atoms with Crippen LogP contribution in [0, 0.1) is 5.92 Å². The first-order valence-electron chi connectivity index (χ1n) is 9.89. The fourth-order valence-corrected chi connectivity index (χ4v) is 4.51. The van der Waals surface area contributed by atoms with Gasteiger partial charge in [-0.3, -0.25) is 19.3 Å². The van der Waals surface area contributed by atoms with Gasteiger partial charge < -0.3 is 10.1 Å². The molecule has 0 bridgehead atoms. The van der Waals surface area contributed by atoms with E-state index >= 15 is 0 Å². The first-order chi connectivity index (χ1) is 15.9. The number of halogens is 5. The van der Waals surface area contributed by atoms with E-state index < -0.39 is 36.3 Å². The van der Waals surface area contributed by atoms with Crippen molar-refractivity contribution in [3.63, 3.8) is 0 Å². The van der Waals surface area contributed by atoms with E-state index in [9.17, 15) is 19.2 Å². The zero-order valence-electron chi connectivity index (χ0n) is 17.8. The van der Waals surface area contributed by atoms with Gasteiger partial charge in [-0.1, -0.05) is 71.9 Å². The number of ether oxygens (including phenoxy) is 1. The molecule has 34 heavy (non-hydrogen) atoms. The van der Waals surface area contributed by atoms with Gasteiger partial charge in [0, 0.05) is 10.7 Å². The highest BCUT2D eigenvalue weighted by molar-refractivity contribution is 6.55. The van der Waals surface area contributed by atoms with Crippen LogP contribution in [0.25, 0.3) is 0 Å². The topological polar surface area (TPSA) is 92.8 Å². The van der Waals surface area contributed by atoms with Gasteiger partial charge in [-0.05, 0) is 36.6 Å². The molecule has 0 spiro atoms. The highest BCUT2D eigenvalue weighted by atomic mass is 35.5. The van der Waals surface area contributed by atoms with Gasteiger partial charge in [0.15, 0.2) is 6.61 Å². The van der Waals surface area contributed by atoms with Crippen LogP contribution in [-0.2, 0) is 14.3 Å². The van der Waals surface area contributed by atoms with Crippen molar-refractivity contribution >= 4 is 87.4 Å². The van der Waals surface area contributed by atoms with E-state index in [1.165, 1.54) is 0 Å². The summed E-state index contributed by atoms with van der Waals surface area (Å²) in [5, 5.41) is 2.18. The monoisotopic (exact) mass is 564 g/mol. The summed E-state index contributed by atoms with van der Waals surface area (Å²) < 4.78 is 5.14. The summed E-state index contributed by atoms with van der Waals surface area (Å²) in [4.78, 5) is 52.1. The fraction of sp³-hybridized carbons (Fsp3) is 0.273. The fourth-order valence-electron chi connectivity index (χ4n) is 3.37. The standard InChI is InChI=1S/C22H17Cl5N2O5/c1-9(2)7-12(22(33)34-8-13(30)28-11-5-3-10(23)4-6-11)29-20(31)14-15(21(29)32)17(25)19(27)18(26)16(14)24/h3-6,9,12H,7-8H2,1-2H3,(H,28,30)/t12-/m1/s1. The number of carbonyl (C=O) groups is 4. The SMILES string of the molecule is CC(C)C[C@H](C(=O)OCC(=O)Nc1ccc(Cl)cc1)N1C(=O)c2c(Cl)c(Cl)c(Cl)c(Cl)c2C1=O. The number of benzene rings is 2. The summed E-state index contributed by atoms with van der Waals surface area (Å²) in [7, 11) is 0. The first-order valence-corrected chi connectivity index (χ1v) is 11.8. The molecule has 0 saturated heterocycles. The lowest BCUT2D eigenvalue weighted by Crippen LogP contribution is -2.47. The summed E-state index contributed by atoms with van der Waals surface area (Å²) in [5.41, 5.74) is -0.0382. The molecule has 0 aromatic heterocycles. The average Bonchev–Trinajstić information content (AvgIpc) is 3.04. The molecule has 1 atom stereocenters. The van der Waals surface area contributed by atoms with Gasteiger partial charge in [-0.2, -0.15) is 0 Å². The summed E-state index contributed by atoms with van der Waals surface area (Å²) in [6.45, 7) is 2.94. The second kappa shape index (κ2) is 10.7. The number of imide groups is 1. The maximum absolute atomic E-state index is 13.1. The number of fused-ring (bicyclic) bond motifs is 1. The van der Waals surface area contributed by atoms with Gasteiger partial charge in [0.1, 0.15) is 6.04 Å². The highest BCUT2D eigenvalue weighted by Crippen LogP contribution is 2.45. The Kier molecular flexibility index (Phi) is 8.37.